The Morgan fingerprint density at radius 2 is 0.490 bits per heavy atom. The Balaban J connectivity index is 5.41. The molecule has 0 spiro atoms. The summed E-state index contributed by atoms with van der Waals surface area (Å²) in [5, 5.41) is 10.7. The lowest BCUT2D eigenvalue weighted by Crippen LogP contribution is -2.30. The smallest absolute Gasteiger partial charge is 0.462 e. The number of phosphoric acid groups is 2. The van der Waals surface area contributed by atoms with E-state index in [1.807, 2.05) is 18.2 Å². The van der Waals surface area contributed by atoms with Crippen LogP contribution in [-0.4, -0.2) is 96.7 Å². The van der Waals surface area contributed by atoms with Crippen molar-refractivity contribution in [1.82, 2.24) is 0 Å². The van der Waals surface area contributed by atoms with E-state index in [0.29, 0.717) is 32.1 Å². The summed E-state index contributed by atoms with van der Waals surface area (Å²) >= 11 is 0. The Kier molecular flexibility index (Phi) is 74.6. The van der Waals surface area contributed by atoms with Gasteiger partial charge in [-0.15, -0.1) is 0 Å². The summed E-state index contributed by atoms with van der Waals surface area (Å²) in [6.45, 7) is 4.80. The first kappa shape index (κ1) is 100. The first-order valence-corrected chi connectivity index (χ1v) is 44.8. The zero-order valence-corrected chi connectivity index (χ0v) is 68.0. The molecular weight excluding hydrogens is 1350 g/mol. The topological polar surface area (TPSA) is 237 Å². The van der Waals surface area contributed by atoms with E-state index in [1.54, 1.807) is 0 Å². The molecule has 0 aliphatic rings. The number of rotatable bonds is 79. The van der Waals surface area contributed by atoms with Crippen LogP contribution in [-0.2, 0) is 65.4 Å². The number of carbonyl (C=O) groups excluding carboxylic acids is 4. The lowest BCUT2D eigenvalue weighted by Gasteiger charge is -2.21. The normalized spacial score (nSPS) is 14.3. The van der Waals surface area contributed by atoms with Crippen LogP contribution < -0.4 is 0 Å². The average Bonchev–Trinajstić information content (AvgIpc) is 0.943. The average molecular weight is 1510 g/mol. The molecule has 5 atom stereocenters. The number of phosphoric ester groups is 2. The molecule has 0 heterocycles. The Bertz CT molecular complexity index is 2300. The number of esters is 4. The molecule has 0 aliphatic heterocycles. The third-order valence-electron chi connectivity index (χ3n) is 17.9. The van der Waals surface area contributed by atoms with Crippen molar-refractivity contribution < 1.29 is 80.2 Å². The van der Waals surface area contributed by atoms with Crippen molar-refractivity contribution in [2.75, 3.05) is 39.6 Å². The summed E-state index contributed by atoms with van der Waals surface area (Å²) in [6, 6.07) is 0. The summed E-state index contributed by atoms with van der Waals surface area (Å²) in [6.07, 6.45) is 81.3. The zero-order valence-electron chi connectivity index (χ0n) is 66.2. The molecule has 19 heteroatoms. The fraction of sp³-hybridized carbons (Fsp3) is 0.788. The van der Waals surface area contributed by atoms with Crippen LogP contribution in [0.25, 0.3) is 0 Å². The predicted octanol–water partition coefficient (Wildman–Crippen LogP) is 24.6. The lowest BCUT2D eigenvalue weighted by molar-refractivity contribution is -0.161. The minimum absolute atomic E-state index is 0.0253. The van der Waals surface area contributed by atoms with Gasteiger partial charge in [-0.3, -0.25) is 37.3 Å². The highest BCUT2D eigenvalue weighted by molar-refractivity contribution is 7.47. The van der Waals surface area contributed by atoms with E-state index in [0.717, 1.165) is 109 Å². The molecule has 0 rings (SSSR count). The predicted molar refractivity (Wildman–Crippen MR) is 427 cm³/mol. The molecule has 0 aromatic heterocycles. The molecule has 17 nitrogen and oxygen atoms in total. The van der Waals surface area contributed by atoms with E-state index in [9.17, 15) is 43.2 Å². The maximum atomic E-state index is 13.1. The van der Waals surface area contributed by atoms with Gasteiger partial charge in [0.25, 0.3) is 0 Å². The molecular formula is C85H152O17P2. The quantitative estimate of drug-likeness (QED) is 0.0169. The standard InChI is InChI=1S/C85H152O17P2/c1-5-9-13-17-21-25-29-33-37-38-39-40-44-48-52-56-60-64-68-72-85(90)102-81(76-96-83(88)70-66-62-58-54-50-46-42-35-31-27-23-19-15-11-7-3)78-100-104(93,94)98-74-79(86)73-97-103(91,92)99-77-80(101-84(89)71-67-63-59-55-51-47-43-36-32-28-24-20-16-12-8-4)75-95-82(87)69-65-61-57-53-49-45-41-34-30-26-22-18-14-10-6-2/h21,24-25,28,33,36-37,39-40,43,48,52,60,64,79-81,86H,5-20,22-23,26-27,29-32,34-35,38,41-42,44-47,49-51,53-59,61-63,65-78H2,1-4H3,(H,91,92)(H,93,94)/b25-21-,28-24-,37-33-,40-39-,43-36-,52-48-,64-60-/t79-,80+,81+/m0/s1. The minimum atomic E-state index is -4.99. The van der Waals surface area contributed by atoms with Crippen molar-refractivity contribution >= 4 is 39.5 Å². The molecule has 604 valence electrons. The first-order chi connectivity index (χ1) is 50.7. The van der Waals surface area contributed by atoms with E-state index in [1.165, 1.54) is 180 Å². The number of allylic oxidation sites excluding steroid dienone is 14. The molecule has 0 aromatic carbocycles. The second kappa shape index (κ2) is 77.4. The van der Waals surface area contributed by atoms with Gasteiger partial charge in [0.2, 0.25) is 0 Å². The molecule has 2 unspecified atom stereocenters. The Morgan fingerprint density at radius 1 is 0.269 bits per heavy atom. The van der Waals surface area contributed by atoms with Gasteiger partial charge >= 0.3 is 39.5 Å². The monoisotopic (exact) mass is 1510 g/mol. The summed E-state index contributed by atoms with van der Waals surface area (Å²) < 4.78 is 68.6. The molecule has 0 amide bonds. The third kappa shape index (κ3) is 76.4. The number of hydrogen-bond donors (Lipinski definition) is 3. The van der Waals surface area contributed by atoms with Gasteiger partial charge in [-0.1, -0.05) is 337 Å². The third-order valence-corrected chi connectivity index (χ3v) is 19.8. The van der Waals surface area contributed by atoms with Crippen molar-refractivity contribution in [2.24, 2.45) is 0 Å². The first-order valence-electron chi connectivity index (χ1n) is 41.8. The van der Waals surface area contributed by atoms with E-state index in [4.69, 9.17) is 37.0 Å². The molecule has 0 fully saturated rings. The molecule has 0 saturated heterocycles. The maximum Gasteiger partial charge on any atom is 0.472 e. The van der Waals surface area contributed by atoms with Gasteiger partial charge < -0.3 is 33.8 Å². The van der Waals surface area contributed by atoms with Gasteiger partial charge in [0.05, 0.1) is 26.4 Å². The number of hydrogen-bond acceptors (Lipinski definition) is 15. The summed E-state index contributed by atoms with van der Waals surface area (Å²) in [5.74, 6) is -2.26. The highest BCUT2D eigenvalue weighted by Gasteiger charge is 2.30. The molecule has 0 radical (unpaired) electrons. The highest BCUT2D eigenvalue weighted by atomic mass is 31.2. The van der Waals surface area contributed by atoms with Gasteiger partial charge in [0.1, 0.15) is 19.3 Å². The second-order valence-electron chi connectivity index (χ2n) is 28.1. The van der Waals surface area contributed by atoms with Gasteiger partial charge in [0, 0.05) is 25.7 Å². The SMILES string of the molecule is CCCCC/C=C\C/C=C\C/C=C\C/C=C\C/C=C\CCC(=O)O[C@H](COC(=O)CCCCCCCCCCCCCCCCC)COP(=O)(O)OC[C@@H](O)COP(=O)(O)OC[C@@H](COC(=O)CCCCCCCCCCCCCCCCC)OC(=O)CCCCCCC/C=C\C/C=C\CCCCC. The minimum Gasteiger partial charge on any atom is -0.462 e. The van der Waals surface area contributed by atoms with Crippen molar-refractivity contribution in [1.29, 1.82) is 0 Å². The van der Waals surface area contributed by atoms with Gasteiger partial charge in [0.15, 0.2) is 12.2 Å². The van der Waals surface area contributed by atoms with E-state index in [-0.39, 0.29) is 25.7 Å². The highest BCUT2D eigenvalue weighted by Crippen LogP contribution is 2.45. The van der Waals surface area contributed by atoms with Crippen LogP contribution in [0, 0.1) is 0 Å². The van der Waals surface area contributed by atoms with Crippen molar-refractivity contribution in [2.45, 2.75) is 393 Å². The summed E-state index contributed by atoms with van der Waals surface area (Å²) in [5.41, 5.74) is 0. The fourth-order valence-corrected chi connectivity index (χ4v) is 13.1. The van der Waals surface area contributed by atoms with Gasteiger partial charge in [-0.05, 0) is 96.3 Å². The van der Waals surface area contributed by atoms with Crippen molar-refractivity contribution in [3.8, 4) is 0 Å². The van der Waals surface area contributed by atoms with E-state index < -0.39 is 97.5 Å². The van der Waals surface area contributed by atoms with Crippen molar-refractivity contribution in [3.63, 3.8) is 0 Å². The number of unbranched alkanes of at least 4 members (excludes halogenated alkanes) is 39. The maximum absolute atomic E-state index is 13.1. The number of ether oxygens (including phenoxy) is 4. The van der Waals surface area contributed by atoms with Crippen LogP contribution in [0.5, 0.6) is 0 Å². The van der Waals surface area contributed by atoms with Crippen molar-refractivity contribution in [3.05, 3.63) is 85.1 Å². The van der Waals surface area contributed by atoms with Crippen LogP contribution in [0.1, 0.15) is 374 Å². The fourth-order valence-electron chi connectivity index (χ4n) is 11.5. The van der Waals surface area contributed by atoms with E-state index in [2.05, 4.69) is 94.5 Å². The Morgan fingerprint density at radius 3 is 0.798 bits per heavy atom. The zero-order chi connectivity index (χ0) is 76.0. The molecule has 104 heavy (non-hydrogen) atoms. The number of aliphatic hydroxyl groups is 1. The van der Waals surface area contributed by atoms with Crippen LogP contribution in [0.15, 0.2) is 85.1 Å². The molecule has 0 bridgehead atoms. The van der Waals surface area contributed by atoms with E-state index >= 15 is 0 Å². The number of carbonyl (C=O) groups is 4. The molecule has 0 aliphatic carbocycles. The second-order valence-corrected chi connectivity index (χ2v) is 31.0. The van der Waals surface area contributed by atoms with Crippen LogP contribution in [0.2, 0.25) is 0 Å². The largest absolute Gasteiger partial charge is 0.472 e. The molecule has 0 aromatic rings. The lowest BCUT2D eigenvalue weighted by atomic mass is 10.0. The van der Waals surface area contributed by atoms with Crippen LogP contribution in [0.4, 0.5) is 0 Å². The Labute approximate surface area is 634 Å². The van der Waals surface area contributed by atoms with Crippen LogP contribution >= 0.6 is 15.6 Å². The summed E-state index contributed by atoms with van der Waals surface area (Å²) in [7, 11) is -9.98. The number of aliphatic hydroxyl groups excluding tert-OH is 1. The van der Waals surface area contributed by atoms with Gasteiger partial charge in [-0.25, -0.2) is 9.13 Å². The van der Waals surface area contributed by atoms with Gasteiger partial charge in [-0.2, -0.15) is 0 Å². The van der Waals surface area contributed by atoms with Crippen LogP contribution in [0.3, 0.4) is 0 Å². The molecule has 0 saturated carbocycles. The summed E-state index contributed by atoms with van der Waals surface area (Å²) in [4.78, 5) is 73.1. The molecule has 3 N–H and O–H groups in total. The Hall–Kier alpha value is -3.76.